The molecular weight excluding hydrogens is 446 g/mol. The molecule has 0 bridgehead atoms. The third-order valence-corrected chi connectivity index (χ3v) is 13.7. The third kappa shape index (κ3) is 3.30. The molecule has 5 fully saturated rings. The highest BCUT2D eigenvalue weighted by atomic mass is 16.5. The number of carbonyl (C=O) groups is 1. The van der Waals surface area contributed by atoms with Crippen LogP contribution in [0.4, 0.5) is 0 Å². The van der Waals surface area contributed by atoms with E-state index in [4.69, 9.17) is 4.74 Å². The van der Waals surface area contributed by atoms with Crippen LogP contribution < -0.4 is 0 Å². The molecule has 0 radical (unpaired) electrons. The Morgan fingerprint density at radius 3 is 2.31 bits per heavy atom. The van der Waals surface area contributed by atoms with Crippen molar-refractivity contribution in [3.63, 3.8) is 0 Å². The van der Waals surface area contributed by atoms with Crippen molar-refractivity contribution in [2.45, 2.75) is 113 Å². The molecule has 0 amide bonds. The molecule has 0 aromatic heterocycles. The number of hydrogen-bond acceptors (Lipinski definition) is 4. The molecule has 4 nitrogen and oxygen atoms in total. The summed E-state index contributed by atoms with van der Waals surface area (Å²) < 4.78 is 5.79. The first-order chi connectivity index (χ1) is 16.8. The first-order valence-electron chi connectivity index (χ1n) is 14.8. The summed E-state index contributed by atoms with van der Waals surface area (Å²) in [4.78, 5) is 11.9. The Hall–Kier alpha value is -1.32. The van der Waals surface area contributed by atoms with E-state index in [2.05, 4.69) is 53.3 Å². The summed E-state index contributed by atoms with van der Waals surface area (Å²) in [6.07, 6.45) is 12.0. The molecule has 0 unspecified atom stereocenters. The molecule has 36 heavy (non-hydrogen) atoms. The van der Waals surface area contributed by atoms with Crippen LogP contribution in [0.15, 0.2) is 17.3 Å². The van der Waals surface area contributed by atoms with Gasteiger partial charge in [0.15, 0.2) is 0 Å². The first-order valence-corrected chi connectivity index (χ1v) is 14.8. The van der Waals surface area contributed by atoms with Gasteiger partial charge in [0, 0.05) is 17.8 Å². The normalized spacial score (nSPS) is 50.4. The van der Waals surface area contributed by atoms with E-state index in [1.165, 1.54) is 56.9 Å². The van der Waals surface area contributed by atoms with Gasteiger partial charge in [-0.1, -0.05) is 51.9 Å². The number of rotatable bonds is 3. The standard InChI is InChI=1S/C32H51NO3/c1-20(2)22-11-16-32(19-36-21(3)34)18-17-30(7)23(27(22)32)9-10-25-29(6)14-13-26(33-35)28(4,5)24(29)12-15-31(25,30)8/h22-25,27,35H,1,9-19H2,2-8H3/b33-26+/t22-,23+,24-,25+,27+,29-,30+,31+,32+/m0/s1. The van der Waals surface area contributed by atoms with Crippen molar-refractivity contribution < 1.29 is 14.7 Å². The van der Waals surface area contributed by atoms with E-state index in [1.54, 1.807) is 6.92 Å². The van der Waals surface area contributed by atoms with Crippen molar-refractivity contribution in [1.29, 1.82) is 0 Å². The van der Waals surface area contributed by atoms with Gasteiger partial charge < -0.3 is 9.94 Å². The number of nitrogens with zero attached hydrogens (tertiary/aromatic N) is 1. The second-order valence-corrected chi connectivity index (χ2v) is 15.1. The number of hydrogen-bond donors (Lipinski definition) is 1. The average molecular weight is 498 g/mol. The molecule has 0 saturated heterocycles. The lowest BCUT2D eigenvalue weighted by molar-refractivity contribution is -0.231. The van der Waals surface area contributed by atoms with Crippen LogP contribution in [0.2, 0.25) is 0 Å². The van der Waals surface area contributed by atoms with Crippen LogP contribution in [0.5, 0.6) is 0 Å². The number of esters is 1. The minimum absolute atomic E-state index is 0.0386. The maximum atomic E-state index is 11.9. The minimum Gasteiger partial charge on any atom is -0.465 e. The lowest BCUT2D eigenvalue weighted by atomic mass is 9.32. The fourth-order valence-electron chi connectivity index (χ4n) is 11.8. The fraction of sp³-hybridized carbons (Fsp3) is 0.875. The van der Waals surface area contributed by atoms with Gasteiger partial charge in [-0.05, 0) is 117 Å². The fourth-order valence-corrected chi connectivity index (χ4v) is 11.8. The molecule has 5 rings (SSSR count). The number of allylic oxidation sites excluding steroid dienone is 1. The van der Waals surface area contributed by atoms with Crippen LogP contribution in [0, 0.1) is 56.7 Å². The lowest BCUT2D eigenvalue weighted by Gasteiger charge is -2.72. The molecule has 5 aliphatic carbocycles. The Kier molecular flexibility index (Phi) is 6.09. The highest BCUT2D eigenvalue weighted by Gasteiger charge is 2.70. The number of oxime groups is 1. The van der Waals surface area contributed by atoms with Crippen LogP contribution in [-0.2, 0) is 9.53 Å². The zero-order valence-electron chi connectivity index (χ0n) is 24.1. The quantitative estimate of drug-likeness (QED) is 0.186. The third-order valence-electron chi connectivity index (χ3n) is 13.7. The minimum atomic E-state index is -0.136. The van der Waals surface area contributed by atoms with E-state index < -0.39 is 0 Å². The van der Waals surface area contributed by atoms with Crippen molar-refractivity contribution in [2.75, 3.05) is 6.61 Å². The van der Waals surface area contributed by atoms with Crippen molar-refractivity contribution in [3.05, 3.63) is 12.2 Å². The molecule has 202 valence electrons. The van der Waals surface area contributed by atoms with E-state index in [-0.39, 0.29) is 22.2 Å². The second-order valence-electron chi connectivity index (χ2n) is 15.1. The van der Waals surface area contributed by atoms with Crippen molar-refractivity contribution in [1.82, 2.24) is 0 Å². The molecule has 5 saturated carbocycles. The first kappa shape index (κ1) is 26.3. The van der Waals surface area contributed by atoms with Gasteiger partial charge in [0.1, 0.15) is 0 Å². The Balaban J connectivity index is 1.53. The monoisotopic (exact) mass is 497 g/mol. The molecule has 0 spiro atoms. The summed E-state index contributed by atoms with van der Waals surface area (Å²) in [5.41, 5.74) is 3.32. The predicted molar refractivity (Wildman–Crippen MR) is 145 cm³/mol. The summed E-state index contributed by atoms with van der Waals surface area (Å²) in [5.74, 6) is 2.93. The molecule has 0 heterocycles. The maximum absolute atomic E-state index is 11.9. The Morgan fingerprint density at radius 2 is 1.67 bits per heavy atom. The number of fused-ring (bicyclic) bond motifs is 7. The van der Waals surface area contributed by atoms with E-state index in [9.17, 15) is 10.0 Å². The summed E-state index contributed by atoms with van der Waals surface area (Å²) in [6.45, 7) is 21.5. The molecule has 4 heteroatoms. The smallest absolute Gasteiger partial charge is 0.302 e. The van der Waals surface area contributed by atoms with Gasteiger partial charge >= 0.3 is 5.97 Å². The van der Waals surface area contributed by atoms with Crippen molar-refractivity contribution in [2.24, 2.45) is 61.8 Å². The number of carbonyl (C=O) groups excluding carboxylic acids is 1. The van der Waals surface area contributed by atoms with Crippen molar-refractivity contribution >= 4 is 11.7 Å². The zero-order valence-corrected chi connectivity index (χ0v) is 24.1. The van der Waals surface area contributed by atoms with Crippen molar-refractivity contribution in [3.8, 4) is 0 Å². The molecule has 5 aliphatic rings. The van der Waals surface area contributed by atoms with E-state index >= 15 is 0 Å². The summed E-state index contributed by atoms with van der Waals surface area (Å²) in [7, 11) is 0. The Bertz CT molecular complexity index is 968. The van der Waals surface area contributed by atoms with E-state index in [0.717, 1.165) is 18.6 Å². The molecule has 0 aliphatic heterocycles. The van der Waals surface area contributed by atoms with Crippen LogP contribution in [0.25, 0.3) is 0 Å². The average Bonchev–Trinajstić information content (AvgIpc) is 3.18. The predicted octanol–water partition coefficient (Wildman–Crippen LogP) is 8.04. The summed E-state index contributed by atoms with van der Waals surface area (Å²) in [5, 5.41) is 13.6. The molecule has 0 aromatic carbocycles. The molecule has 1 N–H and O–H groups in total. The molecule has 0 aromatic rings. The van der Waals surface area contributed by atoms with Gasteiger partial charge in [-0.2, -0.15) is 0 Å². The van der Waals surface area contributed by atoms with Gasteiger partial charge in [0.2, 0.25) is 0 Å². The zero-order chi connectivity index (χ0) is 26.3. The van der Waals surface area contributed by atoms with Gasteiger partial charge in [-0.3, -0.25) is 4.79 Å². The Morgan fingerprint density at radius 1 is 0.944 bits per heavy atom. The van der Waals surface area contributed by atoms with Crippen LogP contribution in [0.1, 0.15) is 113 Å². The number of ether oxygens (including phenoxy) is 1. The van der Waals surface area contributed by atoms with Crippen LogP contribution in [0.3, 0.4) is 0 Å². The summed E-state index contributed by atoms with van der Waals surface area (Å²) in [6, 6.07) is 0. The summed E-state index contributed by atoms with van der Waals surface area (Å²) >= 11 is 0. The highest BCUT2D eigenvalue weighted by molar-refractivity contribution is 5.90. The second kappa shape index (κ2) is 8.34. The SMILES string of the molecule is C=C(C)[C@@H]1CC[C@]2(COC(C)=O)CC[C@]3(C)[C@H](CC[C@@H]4[C@@]5(C)CC/C(=N\O)C(C)(C)[C@@H]5CC[C@]43C)[C@@H]12. The van der Waals surface area contributed by atoms with Gasteiger partial charge in [0.25, 0.3) is 0 Å². The van der Waals surface area contributed by atoms with E-state index in [1.807, 2.05) is 0 Å². The van der Waals surface area contributed by atoms with Crippen LogP contribution >= 0.6 is 0 Å². The topological polar surface area (TPSA) is 58.9 Å². The molecular formula is C32H51NO3. The van der Waals surface area contributed by atoms with E-state index in [0.29, 0.717) is 47.0 Å². The van der Waals surface area contributed by atoms with Gasteiger partial charge in [0.05, 0.1) is 12.3 Å². The Labute approximate surface area is 219 Å². The largest absolute Gasteiger partial charge is 0.465 e. The van der Waals surface area contributed by atoms with Gasteiger partial charge in [-0.15, -0.1) is 0 Å². The maximum Gasteiger partial charge on any atom is 0.302 e. The lowest BCUT2D eigenvalue weighted by Crippen LogP contribution is -2.66. The van der Waals surface area contributed by atoms with Gasteiger partial charge in [-0.25, -0.2) is 0 Å². The highest BCUT2D eigenvalue weighted by Crippen LogP contribution is 2.77. The molecule has 9 atom stereocenters. The van der Waals surface area contributed by atoms with Crippen LogP contribution in [-0.4, -0.2) is 23.5 Å².